The van der Waals surface area contributed by atoms with E-state index in [9.17, 15) is 32.2 Å². The lowest BCUT2D eigenvalue weighted by molar-refractivity contribution is -0.266. The molecular formula is C20H21F5O2. The molecule has 2 aromatic carbocycles. The van der Waals surface area contributed by atoms with Crippen molar-refractivity contribution in [2.75, 3.05) is 0 Å². The molecule has 0 saturated carbocycles. The molecule has 1 unspecified atom stereocenters. The van der Waals surface area contributed by atoms with Gasteiger partial charge in [-0.3, -0.25) is 0 Å². The van der Waals surface area contributed by atoms with Crippen LogP contribution in [0.1, 0.15) is 37.0 Å². The Kier molecular flexibility index (Phi) is 5.57. The molecular weight excluding hydrogens is 367 g/mol. The number of aliphatic hydroxyl groups is 1. The smallest absolute Gasteiger partial charge is 0.417 e. The molecule has 0 radical (unpaired) electrons. The van der Waals surface area contributed by atoms with Gasteiger partial charge in [0.15, 0.2) is 5.60 Å². The summed E-state index contributed by atoms with van der Waals surface area (Å²) in [5.74, 6) is -1.62. The van der Waals surface area contributed by atoms with Crippen molar-refractivity contribution in [3.63, 3.8) is 0 Å². The maximum absolute atomic E-state index is 13.7. The number of halogens is 5. The van der Waals surface area contributed by atoms with Gasteiger partial charge in [-0.1, -0.05) is 26.0 Å². The summed E-state index contributed by atoms with van der Waals surface area (Å²) in [6, 6.07) is 6.48. The van der Waals surface area contributed by atoms with Gasteiger partial charge in [-0.2, -0.15) is 13.2 Å². The van der Waals surface area contributed by atoms with E-state index in [1.165, 1.54) is 32.9 Å². The molecule has 2 N–H and O–H groups in total. The number of aryl methyl sites for hydroxylation is 1. The van der Waals surface area contributed by atoms with E-state index < -0.39 is 41.7 Å². The molecule has 0 amide bonds. The molecule has 0 aliphatic heterocycles. The van der Waals surface area contributed by atoms with Crippen LogP contribution in [0.25, 0.3) is 0 Å². The predicted octanol–water partition coefficient (Wildman–Crippen LogP) is 5.18. The molecule has 2 rings (SSSR count). The van der Waals surface area contributed by atoms with Crippen LogP contribution in [0.3, 0.4) is 0 Å². The van der Waals surface area contributed by atoms with Gasteiger partial charge in [0.1, 0.15) is 17.4 Å². The maximum Gasteiger partial charge on any atom is 0.417 e. The van der Waals surface area contributed by atoms with E-state index in [-0.39, 0.29) is 22.4 Å². The number of benzene rings is 2. The first-order chi connectivity index (χ1) is 12.2. The van der Waals surface area contributed by atoms with Gasteiger partial charge in [0.25, 0.3) is 0 Å². The van der Waals surface area contributed by atoms with Gasteiger partial charge in [0.05, 0.1) is 0 Å². The first-order valence-corrected chi connectivity index (χ1v) is 8.28. The third-order valence-electron chi connectivity index (χ3n) is 4.67. The van der Waals surface area contributed by atoms with Crippen LogP contribution in [-0.2, 0) is 11.8 Å². The molecule has 0 bridgehead atoms. The largest absolute Gasteiger partial charge is 0.508 e. The Balaban J connectivity index is 2.43. The van der Waals surface area contributed by atoms with E-state index in [0.29, 0.717) is 0 Å². The van der Waals surface area contributed by atoms with Crippen molar-refractivity contribution in [2.45, 2.75) is 50.8 Å². The molecule has 148 valence electrons. The Morgan fingerprint density at radius 2 is 1.59 bits per heavy atom. The highest BCUT2D eigenvalue weighted by molar-refractivity contribution is 5.39. The average molecular weight is 388 g/mol. The van der Waals surface area contributed by atoms with E-state index in [2.05, 4.69) is 0 Å². The van der Waals surface area contributed by atoms with Crippen molar-refractivity contribution in [1.82, 2.24) is 0 Å². The van der Waals surface area contributed by atoms with Crippen molar-refractivity contribution in [3.05, 3.63) is 64.7 Å². The van der Waals surface area contributed by atoms with Crippen molar-refractivity contribution in [2.24, 2.45) is 0 Å². The van der Waals surface area contributed by atoms with Crippen molar-refractivity contribution >= 4 is 0 Å². The molecule has 0 spiro atoms. The van der Waals surface area contributed by atoms with Crippen LogP contribution in [0.2, 0.25) is 0 Å². The molecule has 0 aromatic heterocycles. The highest BCUT2D eigenvalue weighted by atomic mass is 19.4. The fourth-order valence-corrected chi connectivity index (χ4v) is 3.29. The van der Waals surface area contributed by atoms with Crippen molar-refractivity contribution in [1.29, 1.82) is 0 Å². The van der Waals surface area contributed by atoms with E-state index in [4.69, 9.17) is 0 Å². The topological polar surface area (TPSA) is 40.5 Å². The minimum atomic E-state index is -4.99. The van der Waals surface area contributed by atoms with Gasteiger partial charge in [-0.05, 0) is 54.2 Å². The second kappa shape index (κ2) is 7.11. The Morgan fingerprint density at radius 3 is 2.15 bits per heavy atom. The molecule has 0 aliphatic rings. The molecule has 0 fully saturated rings. The molecule has 0 aliphatic carbocycles. The third kappa shape index (κ3) is 4.58. The Labute approximate surface area is 154 Å². The number of phenolic OH excluding ortho intramolecular Hbond substituents is 1. The summed E-state index contributed by atoms with van der Waals surface area (Å²) in [6.45, 7) is 4.18. The minimum Gasteiger partial charge on any atom is -0.508 e. The maximum atomic E-state index is 13.7. The van der Waals surface area contributed by atoms with Crippen LogP contribution in [0, 0.1) is 18.6 Å². The molecule has 27 heavy (non-hydrogen) atoms. The first kappa shape index (κ1) is 21.2. The monoisotopic (exact) mass is 388 g/mol. The lowest BCUT2D eigenvalue weighted by atomic mass is 9.72. The van der Waals surface area contributed by atoms with Crippen LogP contribution in [0.15, 0.2) is 36.4 Å². The quantitative estimate of drug-likeness (QED) is 0.693. The van der Waals surface area contributed by atoms with E-state index in [0.717, 1.165) is 24.3 Å². The van der Waals surface area contributed by atoms with E-state index in [1.807, 2.05) is 0 Å². The molecule has 1 atom stereocenters. The molecule has 2 aromatic rings. The van der Waals surface area contributed by atoms with Crippen molar-refractivity contribution in [3.8, 4) is 5.75 Å². The van der Waals surface area contributed by atoms with Gasteiger partial charge in [0.2, 0.25) is 0 Å². The summed E-state index contributed by atoms with van der Waals surface area (Å²) in [5, 5.41) is 20.5. The summed E-state index contributed by atoms with van der Waals surface area (Å²) in [5.41, 5.74) is -4.31. The number of aromatic hydroxyl groups is 1. The highest BCUT2D eigenvalue weighted by Gasteiger charge is 2.56. The van der Waals surface area contributed by atoms with Crippen LogP contribution in [-0.4, -0.2) is 22.0 Å². The molecule has 7 heteroatoms. The van der Waals surface area contributed by atoms with Gasteiger partial charge < -0.3 is 10.2 Å². The van der Waals surface area contributed by atoms with E-state index in [1.54, 1.807) is 0 Å². The van der Waals surface area contributed by atoms with Gasteiger partial charge in [-0.25, -0.2) is 8.78 Å². The summed E-state index contributed by atoms with van der Waals surface area (Å²) >= 11 is 0. The minimum absolute atomic E-state index is 0.0412. The third-order valence-corrected chi connectivity index (χ3v) is 4.67. The standard InChI is InChI=1S/C20H21F5O2/c1-12-8-13(4-6-16(12)22)10-19(27,20(23,24)25)11-18(2,3)15-9-14(21)5-7-17(15)26/h4-9,26-27H,10-11H2,1-3H3. The Morgan fingerprint density at radius 1 is 0.963 bits per heavy atom. The fourth-order valence-electron chi connectivity index (χ4n) is 3.29. The highest BCUT2D eigenvalue weighted by Crippen LogP contribution is 2.45. The summed E-state index contributed by atoms with van der Waals surface area (Å²) < 4.78 is 68.1. The van der Waals surface area contributed by atoms with Gasteiger partial charge in [-0.15, -0.1) is 0 Å². The Hall–Kier alpha value is -2.15. The second-order valence-electron chi connectivity index (χ2n) is 7.51. The Bertz CT molecular complexity index is 830. The van der Waals surface area contributed by atoms with Gasteiger partial charge in [0, 0.05) is 12.0 Å². The second-order valence-corrected chi connectivity index (χ2v) is 7.51. The van der Waals surface area contributed by atoms with Crippen molar-refractivity contribution < 1.29 is 32.2 Å². The van der Waals surface area contributed by atoms with Gasteiger partial charge >= 0.3 is 6.18 Å². The number of phenols is 1. The lowest BCUT2D eigenvalue weighted by Crippen LogP contribution is -2.50. The normalized spacial score (nSPS) is 14.9. The number of hydrogen-bond donors (Lipinski definition) is 2. The lowest BCUT2D eigenvalue weighted by Gasteiger charge is -2.38. The predicted molar refractivity (Wildman–Crippen MR) is 91.6 cm³/mol. The average Bonchev–Trinajstić information content (AvgIpc) is 2.51. The SMILES string of the molecule is Cc1cc(CC(O)(CC(C)(C)c2cc(F)ccc2O)C(F)(F)F)ccc1F. The number of alkyl halides is 3. The zero-order valence-electron chi connectivity index (χ0n) is 15.2. The first-order valence-electron chi connectivity index (χ1n) is 8.28. The zero-order chi connectivity index (χ0) is 20.6. The van der Waals surface area contributed by atoms with E-state index >= 15 is 0 Å². The summed E-state index contributed by atoms with van der Waals surface area (Å²) in [7, 11) is 0. The molecule has 0 saturated heterocycles. The zero-order valence-corrected chi connectivity index (χ0v) is 15.2. The van der Waals surface area contributed by atoms with Crippen LogP contribution >= 0.6 is 0 Å². The molecule has 0 heterocycles. The summed E-state index contributed by atoms with van der Waals surface area (Å²) in [6.07, 6.45) is -6.61. The molecule has 2 nitrogen and oxygen atoms in total. The van der Waals surface area contributed by atoms with Crippen LogP contribution < -0.4 is 0 Å². The number of hydrogen-bond acceptors (Lipinski definition) is 2. The van der Waals surface area contributed by atoms with Crippen LogP contribution in [0.5, 0.6) is 5.75 Å². The van der Waals surface area contributed by atoms with Crippen LogP contribution in [0.4, 0.5) is 22.0 Å². The fraction of sp³-hybridized carbons (Fsp3) is 0.400. The summed E-state index contributed by atoms with van der Waals surface area (Å²) in [4.78, 5) is 0. The number of rotatable bonds is 5.